The normalized spacial score (nSPS) is 23.1. The van der Waals surface area contributed by atoms with Crippen LogP contribution >= 0.6 is 0 Å². The van der Waals surface area contributed by atoms with Gasteiger partial charge in [-0.2, -0.15) is 13.2 Å². The van der Waals surface area contributed by atoms with E-state index in [1.807, 2.05) is 25.7 Å². The summed E-state index contributed by atoms with van der Waals surface area (Å²) in [7, 11) is 0. The predicted molar refractivity (Wildman–Crippen MR) is 113 cm³/mol. The number of amides is 1. The largest absolute Gasteiger partial charge is 0.444 e. The molecule has 1 aromatic heterocycles. The summed E-state index contributed by atoms with van der Waals surface area (Å²) >= 11 is 0. The van der Waals surface area contributed by atoms with Crippen LogP contribution in [0.25, 0.3) is 11.1 Å². The molecule has 1 amide bonds. The molecular weight excluding hydrogens is 423 g/mol. The van der Waals surface area contributed by atoms with E-state index >= 15 is 0 Å². The highest BCUT2D eigenvalue weighted by molar-refractivity contribution is 5.73. The maximum absolute atomic E-state index is 13.0. The molecule has 2 fully saturated rings. The minimum atomic E-state index is -4.42. The van der Waals surface area contributed by atoms with Crippen LogP contribution < -0.4 is 0 Å². The first-order chi connectivity index (χ1) is 15.0. The number of hydrogen-bond acceptors (Lipinski definition) is 5. The minimum Gasteiger partial charge on any atom is -0.444 e. The molecule has 0 spiro atoms. The van der Waals surface area contributed by atoms with Crippen LogP contribution in [0.5, 0.6) is 0 Å². The molecule has 0 aliphatic carbocycles. The molecule has 1 aromatic carbocycles. The highest BCUT2D eigenvalue weighted by atomic mass is 19.4. The number of alkyl halides is 3. The Morgan fingerprint density at radius 3 is 2.59 bits per heavy atom. The van der Waals surface area contributed by atoms with Gasteiger partial charge in [0.2, 0.25) is 5.89 Å². The van der Waals surface area contributed by atoms with Gasteiger partial charge in [-0.1, -0.05) is 6.42 Å². The van der Waals surface area contributed by atoms with Crippen LogP contribution in [0.3, 0.4) is 0 Å². The monoisotopic (exact) mass is 453 g/mol. The van der Waals surface area contributed by atoms with E-state index in [1.165, 1.54) is 6.07 Å². The second-order valence-corrected chi connectivity index (χ2v) is 9.70. The van der Waals surface area contributed by atoms with Gasteiger partial charge in [0, 0.05) is 12.6 Å². The van der Waals surface area contributed by atoms with Crippen molar-refractivity contribution in [1.82, 2.24) is 14.8 Å². The maximum atomic E-state index is 13.0. The molecule has 0 unspecified atom stereocenters. The first kappa shape index (κ1) is 22.9. The number of benzene rings is 1. The number of nitrogens with zero attached hydrogens (tertiary/aromatic N) is 3. The molecule has 0 saturated carbocycles. The third-order valence-electron chi connectivity index (χ3n) is 6.13. The van der Waals surface area contributed by atoms with Crippen molar-refractivity contribution in [2.24, 2.45) is 0 Å². The summed E-state index contributed by atoms with van der Waals surface area (Å²) in [6, 6.07) is 3.55. The van der Waals surface area contributed by atoms with E-state index in [2.05, 4.69) is 9.88 Å². The average molecular weight is 454 g/mol. The van der Waals surface area contributed by atoms with E-state index < -0.39 is 17.3 Å². The van der Waals surface area contributed by atoms with Gasteiger partial charge in [0.1, 0.15) is 11.1 Å². The van der Waals surface area contributed by atoms with Gasteiger partial charge in [0.05, 0.1) is 18.2 Å². The SMILES string of the molecule is CC(C)(C)OC(=O)N1CCC[C@@H]1[C@@H]1CCCCN1Cc1nc2cc(C(F)(F)F)ccc2o1. The first-order valence-electron chi connectivity index (χ1n) is 11.2. The summed E-state index contributed by atoms with van der Waals surface area (Å²) in [6.45, 7) is 7.49. The lowest BCUT2D eigenvalue weighted by molar-refractivity contribution is -0.137. The number of hydrogen-bond donors (Lipinski definition) is 0. The van der Waals surface area contributed by atoms with Crippen LogP contribution in [-0.4, -0.2) is 51.7 Å². The van der Waals surface area contributed by atoms with Crippen molar-refractivity contribution >= 4 is 17.2 Å². The molecule has 0 radical (unpaired) electrons. The molecule has 6 nitrogen and oxygen atoms in total. The Labute approximate surface area is 185 Å². The molecule has 2 aliphatic heterocycles. The Morgan fingerprint density at radius 1 is 1.12 bits per heavy atom. The summed E-state index contributed by atoms with van der Waals surface area (Å²) in [5.41, 5.74) is -0.735. The highest BCUT2D eigenvalue weighted by Gasteiger charge is 2.40. The molecule has 0 N–H and O–H groups in total. The molecule has 9 heteroatoms. The van der Waals surface area contributed by atoms with Crippen LogP contribution in [-0.2, 0) is 17.5 Å². The lowest BCUT2D eigenvalue weighted by atomic mass is 9.94. The van der Waals surface area contributed by atoms with Crippen molar-refractivity contribution in [3.8, 4) is 0 Å². The molecule has 4 rings (SSSR count). The quantitative estimate of drug-likeness (QED) is 0.605. The topological polar surface area (TPSA) is 58.8 Å². The van der Waals surface area contributed by atoms with E-state index in [9.17, 15) is 18.0 Å². The van der Waals surface area contributed by atoms with Gasteiger partial charge in [-0.3, -0.25) is 4.90 Å². The van der Waals surface area contributed by atoms with Gasteiger partial charge < -0.3 is 14.1 Å². The van der Waals surface area contributed by atoms with Gasteiger partial charge in [0.25, 0.3) is 0 Å². The molecule has 2 atom stereocenters. The van der Waals surface area contributed by atoms with E-state index in [-0.39, 0.29) is 23.7 Å². The van der Waals surface area contributed by atoms with Crippen LogP contribution in [0.4, 0.5) is 18.0 Å². The summed E-state index contributed by atoms with van der Waals surface area (Å²) in [4.78, 5) is 21.2. The number of rotatable bonds is 3. The van der Waals surface area contributed by atoms with Crippen molar-refractivity contribution in [3.63, 3.8) is 0 Å². The number of aromatic nitrogens is 1. The Balaban J connectivity index is 1.52. The maximum Gasteiger partial charge on any atom is 0.416 e. The standard InChI is InChI=1S/C23H30F3N3O3/c1-22(2,3)32-21(30)29-12-6-8-18(29)17-7-4-5-11-28(17)14-20-27-16-13-15(23(24,25)26)9-10-19(16)31-20/h9-10,13,17-18H,4-8,11-12,14H2,1-3H3/t17-,18+/m0/s1. The zero-order valence-corrected chi connectivity index (χ0v) is 18.7. The molecule has 176 valence electrons. The van der Waals surface area contributed by atoms with E-state index in [0.29, 0.717) is 24.6 Å². The Bertz CT molecular complexity index is 967. The molecule has 0 bridgehead atoms. The average Bonchev–Trinajstić information content (AvgIpc) is 3.32. The number of ether oxygens (including phenoxy) is 1. The summed E-state index contributed by atoms with van der Waals surface area (Å²) in [5.74, 6) is 0.396. The molecule has 3 heterocycles. The van der Waals surface area contributed by atoms with E-state index in [0.717, 1.165) is 50.8 Å². The zero-order valence-electron chi connectivity index (χ0n) is 18.7. The van der Waals surface area contributed by atoms with Gasteiger partial charge in [0.15, 0.2) is 5.58 Å². The van der Waals surface area contributed by atoms with Gasteiger partial charge in [-0.05, 0) is 71.2 Å². The van der Waals surface area contributed by atoms with E-state index in [1.54, 1.807) is 0 Å². The lowest BCUT2D eigenvalue weighted by Gasteiger charge is -2.41. The van der Waals surface area contributed by atoms with E-state index in [4.69, 9.17) is 9.15 Å². The fourth-order valence-corrected chi connectivity index (χ4v) is 4.78. The Hall–Kier alpha value is -2.29. The van der Waals surface area contributed by atoms with Crippen LogP contribution in [0.1, 0.15) is 64.3 Å². The molecule has 2 aromatic rings. The number of fused-ring (bicyclic) bond motifs is 1. The molecular formula is C23H30F3N3O3. The predicted octanol–water partition coefficient (Wildman–Crippen LogP) is 5.60. The van der Waals surface area contributed by atoms with Gasteiger partial charge in [-0.25, -0.2) is 9.78 Å². The summed E-state index contributed by atoms with van der Waals surface area (Å²) < 4.78 is 50.4. The van der Waals surface area contributed by atoms with Crippen molar-refractivity contribution < 1.29 is 27.1 Å². The fraction of sp³-hybridized carbons (Fsp3) is 0.652. The number of oxazole rings is 1. The van der Waals surface area contributed by atoms with Crippen molar-refractivity contribution in [1.29, 1.82) is 0 Å². The summed E-state index contributed by atoms with van der Waals surface area (Å²) in [6.07, 6.45) is 0.171. The molecule has 32 heavy (non-hydrogen) atoms. The minimum absolute atomic E-state index is 0.0476. The lowest BCUT2D eigenvalue weighted by Crippen LogP contribution is -2.53. The van der Waals surface area contributed by atoms with Gasteiger partial charge >= 0.3 is 12.3 Å². The smallest absolute Gasteiger partial charge is 0.416 e. The van der Waals surface area contributed by atoms with Crippen molar-refractivity contribution in [2.75, 3.05) is 13.1 Å². The molecule has 2 aliphatic rings. The second kappa shape index (κ2) is 8.57. The fourth-order valence-electron chi connectivity index (χ4n) is 4.78. The number of likely N-dealkylation sites (tertiary alicyclic amines) is 2. The second-order valence-electron chi connectivity index (χ2n) is 9.70. The molecule has 2 saturated heterocycles. The number of carbonyl (C=O) groups is 1. The number of halogens is 3. The number of carbonyl (C=O) groups excluding carboxylic acids is 1. The third kappa shape index (κ3) is 5.03. The Kier molecular flexibility index (Phi) is 6.13. The van der Waals surface area contributed by atoms with Crippen LogP contribution in [0.2, 0.25) is 0 Å². The van der Waals surface area contributed by atoms with Crippen LogP contribution in [0.15, 0.2) is 22.6 Å². The first-order valence-corrected chi connectivity index (χ1v) is 11.2. The van der Waals surface area contributed by atoms with Crippen molar-refractivity contribution in [3.05, 3.63) is 29.7 Å². The van der Waals surface area contributed by atoms with Crippen LogP contribution in [0, 0.1) is 0 Å². The zero-order chi connectivity index (χ0) is 23.1. The highest BCUT2D eigenvalue weighted by Crippen LogP contribution is 2.33. The van der Waals surface area contributed by atoms with Crippen molar-refractivity contribution in [2.45, 2.75) is 83.3 Å². The van der Waals surface area contributed by atoms with Gasteiger partial charge in [-0.15, -0.1) is 0 Å². The number of piperidine rings is 1. The third-order valence-corrected chi connectivity index (χ3v) is 6.13. The summed E-state index contributed by atoms with van der Waals surface area (Å²) in [5, 5.41) is 0. The Morgan fingerprint density at radius 2 is 1.88 bits per heavy atom.